The number of benzene rings is 1. The molecular formula is C10H11Cl2NO3S. The Hall–Kier alpha value is -0.490. The lowest BCUT2D eigenvalue weighted by molar-refractivity contribution is 0.272. The molecule has 1 heterocycles. The lowest BCUT2D eigenvalue weighted by Crippen LogP contribution is -2.29. The van der Waals surface area contributed by atoms with Crippen molar-refractivity contribution in [2.45, 2.75) is 5.92 Å². The largest absolute Gasteiger partial charge is 0.396 e. The molecule has 1 aromatic carbocycles. The van der Waals surface area contributed by atoms with Crippen molar-refractivity contribution in [3.8, 4) is 0 Å². The van der Waals surface area contributed by atoms with Gasteiger partial charge in [-0.3, -0.25) is 4.31 Å². The molecule has 1 atom stereocenters. The molecule has 0 amide bonds. The smallest absolute Gasteiger partial charge is 0.232 e. The van der Waals surface area contributed by atoms with Gasteiger partial charge >= 0.3 is 0 Å². The van der Waals surface area contributed by atoms with Gasteiger partial charge in [0.2, 0.25) is 10.0 Å². The van der Waals surface area contributed by atoms with Crippen LogP contribution in [-0.2, 0) is 10.0 Å². The third-order valence-electron chi connectivity index (χ3n) is 2.75. The molecule has 7 heteroatoms. The molecule has 0 aliphatic carbocycles. The number of anilines is 1. The molecule has 0 radical (unpaired) electrons. The Morgan fingerprint density at radius 3 is 2.65 bits per heavy atom. The quantitative estimate of drug-likeness (QED) is 0.906. The number of nitrogens with zero attached hydrogens (tertiary/aromatic N) is 1. The van der Waals surface area contributed by atoms with Gasteiger partial charge in [-0.2, -0.15) is 0 Å². The number of aliphatic hydroxyl groups is 1. The van der Waals surface area contributed by atoms with Gasteiger partial charge < -0.3 is 5.11 Å². The summed E-state index contributed by atoms with van der Waals surface area (Å²) in [6, 6.07) is 3.15. The first-order chi connectivity index (χ1) is 7.84. The lowest BCUT2D eigenvalue weighted by Gasteiger charge is -2.17. The van der Waals surface area contributed by atoms with E-state index in [0.717, 1.165) is 6.26 Å². The maximum Gasteiger partial charge on any atom is 0.232 e. The van der Waals surface area contributed by atoms with Gasteiger partial charge in [-0.25, -0.2) is 8.42 Å². The van der Waals surface area contributed by atoms with Gasteiger partial charge in [0.05, 0.1) is 23.6 Å². The van der Waals surface area contributed by atoms with Crippen molar-refractivity contribution in [2.75, 3.05) is 23.7 Å². The van der Waals surface area contributed by atoms with E-state index in [4.69, 9.17) is 23.2 Å². The predicted molar refractivity (Wildman–Crippen MR) is 68.5 cm³/mol. The molecule has 4 nitrogen and oxygen atoms in total. The molecule has 1 aliphatic rings. The number of hydrogen-bond donors (Lipinski definition) is 1. The average molecular weight is 296 g/mol. The van der Waals surface area contributed by atoms with Crippen molar-refractivity contribution in [1.82, 2.24) is 0 Å². The molecule has 0 fully saturated rings. The summed E-state index contributed by atoms with van der Waals surface area (Å²) < 4.78 is 24.5. The van der Waals surface area contributed by atoms with Gasteiger partial charge in [0.25, 0.3) is 0 Å². The number of fused-ring (bicyclic) bond motifs is 1. The second kappa shape index (κ2) is 4.31. The summed E-state index contributed by atoms with van der Waals surface area (Å²) >= 11 is 11.9. The normalized spacial score (nSPS) is 19.5. The molecular weight excluding hydrogens is 285 g/mol. The van der Waals surface area contributed by atoms with Crippen LogP contribution in [0.2, 0.25) is 10.0 Å². The zero-order valence-electron chi connectivity index (χ0n) is 9.02. The summed E-state index contributed by atoms with van der Waals surface area (Å²) in [6.07, 6.45) is 1.11. The fourth-order valence-electron chi connectivity index (χ4n) is 2.01. The predicted octanol–water partition coefficient (Wildman–Crippen LogP) is 1.85. The first kappa shape index (κ1) is 13.0. The van der Waals surface area contributed by atoms with E-state index in [0.29, 0.717) is 16.3 Å². The average Bonchev–Trinajstić information content (AvgIpc) is 2.55. The summed E-state index contributed by atoms with van der Waals surface area (Å²) in [6.45, 7) is 0.0560. The maximum atomic E-state index is 11.6. The Morgan fingerprint density at radius 1 is 1.47 bits per heavy atom. The minimum absolute atomic E-state index is 0.143. The van der Waals surface area contributed by atoms with E-state index in [1.54, 1.807) is 6.07 Å². The highest BCUT2D eigenvalue weighted by molar-refractivity contribution is 7.92. The number of hydrogen-bond acceptors (Lipinski definition) is 3. The monoisotopic (exact) mass is 295 g/mol. The van der Waals surface area contributed by atoms with Gasteiger partial charge in [0, 0.05) is 17.5 Å². The van der Waals surface area contributed by atoms with Gasteiger partial charge in [0.1, 0.15) is 0 Å². The molecule has 94 valence electrons. The Labute approximate surface area is 110 Å². The molecule has 1 N–H and O–H groups in total. The fraction of sp³-hybridized carbons (Fsp3) is 0.400. The second-order valence-corrected chi connectivity index (χ2v) is 6.75. The van der Waals surface area contributed by atoms with Crippen LogP contribution in [0.3, 0.4) is 0 Å². The summed E-state index contributed by atoms with van der Waals surface area (Å²) in [5, 5.41) is 9.99. The van der Waals surface area contributed by atoms with Crippen LogP contribution in [0, 0.1) is 0 Å². The van der Waals surface area contributed by atoms with E-state index >= 15 is 0 Å². The Bertz CT molecular complexity index is 559. The highest BCUT2D eigenvalue weighted by atomic mass is 35.5. The summed E-state index contributed by atoms with van der Waals surface area (Å²) in [7, 11) is -3.40. The topological polar surface area (TPSA) is 57.6 Å². The van der Waals surface area contributed by atoms with E-state index in [1.165, 1.54) is 10.4 Å². The summed E-state index contributed by atoms with van der Waals surface area (Å²) in [5.74, 6) is -0.282. The van der Waals surface area contributed by atoms with Crippen LogP contribution in [0.25, 0.3) is 0 Å². The molecule has 1 unspecified atom stereocenters. The van der Waals surface area contributed by atoms with Crippen molar-refractivity contribution < 1.29 is 13.5 Å². The molecule has 1 aliphatic heterocycles. The first-order valence-corrected chi connectivity index (χ1v) is 7.52. The van der Waals surface area contributed by atoms with E-state index in [9.17, 15) is 13.5 Å². The third kappa shape index (κ3) is 2.25. The zero-order chi connectivity index (χ0) is 12.8. The molecule has 17 heavy (non-hydrogen) atoms. The van der Waals surface area contributed by atoms with Gasteiger partial charge in [-0.15, -0.1) is 0 Å². The fourth-order valence-corrected chi connectivity index (χ4v) is 3.65. The number of halogens is 2. The van der Waals surface area contributed by atoms with Crippen LogP contribution in [0.1, 0.15) is 11.5 Å². The third-order valence-corrected chi connectivity index (χ3v) is 4.39. The van der Waals surface area contributed by atoms with E-state index in [2.05, 4.69) is 0 Å². The van der Waals surface area contributed by atoms with Crippen LogP contribution >= 0.6 is 23.2 Å². The molecule has 0 saturated carbocycles. The highest BCUT2D eigenvalue weighted by Crippen LogP contribution is 2.43. The van der Waals surface area contributed by atoms with Crippen LogP contribution < -0.4 is 4.31 Å². The minimum atomic E-state index is -3.40. The highest BCUT2D eigenvalue weighted by Gasteiger charge is 2.35. The molecule has 0 saturated heterocycles. The van der Waals surface area contributed by atoms with Gasteiger partial charge in [0.15, 0.2) is 0 Å². The Balaban J connectivity index is 2.65. The van der Waals surface area contributed by atoms with Crippen LogP contribution in [-0.4, -0.2) is 32.9 Å². The van der Waals surface area contributed by atoms with Crippen molar-refractivity contribution in [3.63, 3.8) is 0 Å². The molecule has 0 bridgehead atoms. The zero-order valence-corrected chi connectivity index (χ0v) is 11.3. The van der Waals surface area contributed by atoms with E-state index < -0.39 is 10.0 Å². The number of aliphatic hydroxyl groups excluding tert-OH is 1. The van der Waals surface area contributed by atoms with Crippen molar-refractivity contribution in [2.24, 2.45) is 0 Å². The minimum Gasteiger partial charge on any atom is -0.396 e. The second-order valence-electron chi connectivity index (χ2n) is 4.00. The Kier molecular flexibility index (Phi) is 3.29. The maximum absolute atomic E-state index is 11.6. The summed E-state index contributed by atoms with van der Waals surface area (Å²) in [4.78, 5) is 0. The molecule has 0 aromatic heterocycles. The lowest BCUT2D eigenvalue weighted by atomic mass is 10.0. The van der Waals surface area contributed by atoms with Gasteiger partial charge in [-0.1, -0.05) is 23.2 Å². The van der Waals surface area contributed by atoms with Crippen molar-refractivity contribution >= 4 is 38.9 Å². The molecule has 2 rings (SSSR count). The Morgan fingerprint density at radius 2 is 2.12 bits per heavy atom. The summed E-state index contributed by atoms with van der Waals surface area (Å²) in [5.41, 5.74) is 1.10. The molecule has 1 aromatic rings. The van der Waals surface area contributed by atoms with Crippen molar-refractivity contribution in [3.05, 3.63) is 27.7 Å². The van der Waals surface area contributed by atoms with Gasteiger partial charge in [-0.05, 0) is 17.7 Å². The van der Waals surface area contributed by atoms with Crippen LogP contribution in [0.5, 0.6) is 0 Å². The van der Waals surface area contributed by atoms with Crippen LogP contribution in [0.15, 0.2) is 12.1 Å². The molecule has 0 spiro atoms. The number of rotatable bonds is 2. The van der Waals surface area contributed by atoms with E-state index in [1.807, 2.05) is 0 Å². The number of sulfonamides is 1. The van der Waals surface area contributed by atoms with Crippen molar-refractivity contribution in [1.29, 1.82) is 0 Å². The standard InChI is InChI=1S/C10H11Cl2NO3S/c1-17(15,16)13-4-6(5-14)8-2-7(11)3-9(12)10(8)13/h2-3,6,14H,4-5H2,1H3. The van der Waals surface area contributed by atoms with Crippen LogP contribution in [0.4, 0.5) is 5.69 Å². The van der Waals surface area contributed by atoms with E-state index in [-0.39, 0.29) is 24.1 Å². The first-order valence-electron chi connectivity index (χ1n) is 4.92. The SMILES string of the molecule is CS(=O)(=O)N1CC(CO)c2cc(Cl)cc(Cl)c21.